The maximum atomic E-state index is 12.0. The summed E-state index contributed by atoms with van der Waals surface area (Å²) in [6, 6.07) is 0. The van der Waals surface area contributed by atoms with Crippen LogP contribution >= 0.6 is 22.7 Å². The third kappa shape index (κ3) is 7.76. The van der Waals surface area contributed by atoms with Gasteiger partial charge in [-0.05, 0) is 63.2 Å². The molecule has 4 heterocycles. The Bertz CT molecular complexity index is 1520. The Morgan fingerprint density at radius 3 is 1.48 bits per heavy atom. The molecule has 0 radical (unpaired) electrons. The van der Waals surface area contributed by atoms with Crippen LogP contribution in [0.2, 0.25) is 0 Å². The largest absolute Gasteiger partial charge is 0.356 e. The first-order chi connectivity index (χ1) is 22.1. The molecule has 2 saturated carbocycles. The lowest BCUT2D eigenvalue weighted by molar-refractivity contribution is -0.122. The average molecular weight is 663 g/mol. The number of aromatic nitrogens is 6. The molecule has 0 aromatic carbocycles. The summed E-state index contributed by atoms with van der Waals surface area (Å²) in [7, 11) is 0. The molecule has 12 heteroatoms. The Labute approximate surface area is 279 Å². The smallest absolute Gasteiger partial charge is 0.220 e. The van der Waals surface area contributed by atoms with Gasteiger partial charge in [0.15, 0.2) is 10.0 Å². The van der Waals surface area contributed by atoms with Gasteiger partial charge in [0.2, 0.25) is 11.8 Å². The lowest BCUT2D eigenvalue weighted by Gasteiger charge is -2.13. The molecule has 10 nitrogen and oxygen atoms in total. The van der Waals surface area contributed by atoms with Crippen molar-refractivity contribution in [2.75, 3.05) is 13.1 Å². The van der Waals surface area contributed by atoms with Crippen molar-refractivity contribution < 1.29 is 9.59 Å². The van der Waals surface area contributed by atoms with E-state index in [2.05, 4.69) is 48.3 Å². The van der Waals surface area contributed by atoms with E-state index in [-0.39, 0.29) is 22.6 Å². The molecule has 4 aromatic heterocycles. The van der Waals surface area contributed by atoms with Crippen molar-refractivity contribution in [3.05, 3.63) is 36.4 Å². The van der Waals surface area contributed by atoms with E-state index in [1.807, 2.05) is 24.8 Å². The Balaban J connectivity index is 1.02. The van der Waals surface area contributed by atoms with E-state index in [0.717, 1.165) is 107 Å². The van der Waals surface area contributed by atoms with Gasteiger partial charge in [-0.2, -0.15) is 0 Å². The van der Waals surface area contributed by atoms with Crippen molar-refractivity contribution in [3.8, 4) is 31.2 Å². The maximum absolute atomic E-state index is 12.0. The molecule has 4 N–H and O–H groups in total. The van der Waals surface area contributed by atoms with Crippen molar-refractivity contribution in [2.24, 2.45) is 11.8 Å². The van der Waals surface area contributed by atoms with E-state index in [1.54, 1.807) is 22.7 Å². The topological polar surface area (TPSA) is 141 Å². The number of imidazole rings is 2. The van der Waals surface area contributed by atoms with Gasteiger partial charge in [-0.1, -0.05) is 27.7 Å². The number of hydrogen-bond donors (Lipinski definition) is 4. The summed E-state index contributed by atoms with van der Waals surface area (Å²) in [6.07, 6.45) is 17.3. The second-order valence-electron chi connectivity index (χ2n) is 14.0. The molecule has 0 atom stereocenters. The van der Waals surface area contributed by atoms with Gasteiger partial charge in [0, 0.05) is 49.2 Å². The van der Waals surface area contributed by atoms with Crippen molar-refractivity contribution in [3.63, 3.8) is 0 Å². The third-order valence-electron chi connectivity index (χ3n) is 9.08. The standard InChI is InChI=1S/C34H46N8O2S2/c1-21(2)15-27(43)35-13-5-7-33(9-10-33)31-39-17-23(41-31)25-19-37-29(45-25)30-38-20-26(46-30)24-18-40-32(42-24)34(11-12-34)8-6-14-36-28(44)16-22(3)4/h17-22H,5-16H2,1-4H3,(H,35,43)(H,36,44)(H,39,41)(H,40,42). The number of carbonyl (C=O) groups excluding carboxylic acids is 2. The molecule has 4 aromatic rings. The monoisotopic (exact) mass is 662 g/mol. The van der Waals surface area contributed by atoms with Gasteiger partial charge in [-0.25, -0.2) is 19.9 Å². The van der Waals surface area contributed by atoms with Crippen LogP contribution < -0.4 is 10.6 Å². The first-order valence-electron chi connectivity index (χ1n) is 16.7. The fraction of sp³-hybridized carbons (Fsp3) is 0.588. The first kappa shape index (κ1) is 32.6. The highest BCUT2D eigenvalue weighted by Crippen LogP contribution is 2.52. The number of hydrogen-bond acceptors (Lipinski definition) is 8. The van der Waals surface area contributed by atoms with Gasteiger partial charge in [0.25, 0.3) is 0 Å². The fourth-order valence-corrected chi connectivity index (χ4v) is 7.93. The summed E-state index contributed by atoms with van der Waals surface area (Å²) in [6.45, 7) is 9.70. The van der Waals surface area contributed by atoms with Gasteiger partial charge in [0.05, 0.1) is 33.5 Å². The zero-order valence-electron chi connectivity index (χ0n) is 27.4. The summed E-state index contributed by atoms with van der Waals surface area (Å²) >= 11 is 3.24. The second kappa shape index (κ2) is 13.8. The van der Waals surface area contributed by atoms with Gasteiger partial charge >= 0.3 is 0 Å². The van der Waals surface area contributed by atoms with Crippen LogP contribution in [0.25, 0.3) is 31.2 Å². The van der Waals surface area contributed by atoms with E-state index in [0.29, 0.717) is 24.7 Å². The van der Waals surface area contributed by atoms with Crippen LogP contribution in [0.4, 0.5) is 0 Å². The van der Waals surface area contributed by atoms with E-state index in [1.165, 1.54) is 0 Å². The minimum Gasteiger partial charge on any atom is -0.356 e. The number of thiazole rings is 2. The van der Waals surface area contributed by atoms with Crippen LogP contribution in [0.15, 0.2) is 24.8 Å². The second-order valence-corrected chi connectivity index (χ2v) is 16.1. The summed E-state index contributed by atoms with van der Waals surface area (Å²) in [5.41, 5.74) is 2.17. The van der Waals surface area contributed by atoms with Crippen molar-refractivity contribution in [2.45, 2.75) is 103 Å². The predicted molar refractivity (Wildman–Crippen MR) is 184 cm³/mol. The summed E-state index contributed by atoms with van der Waals surface area (Å²) in [5, 5.41) is 7.89. The van der Waals surface area contributed by atoms with Gasteiger partial charge in [-0.3, -0.25) is 9.59 Å². The third-order valence-corrected chi connectivity index (χ3v) is 11.3. The highest BCUT2D eigenvalue weighted by molar-refractivity contribution is 7.24. The predicted octanol–water partition coefficient (Wildman–Crippen LogP) is 7.00. The Kier molecular flexibility index (Phi) is 9.75. The Hall–Kier alpha value is -3.38. The molecule has 0 aliphatic heterocycles. The molecular formula is C34H46N8O2S2. The fourth-order valence-electron chi connectivity index (χ4n) is 6.13. The molecule has 0 spiro atoms. The normalized spacial score (nSPS) is 16.2. The molecule has 2 aliphatic rings. The number of aromatic amines is 2. The van der Waals surface area contributed by atoms with Crippen LogP contribution in [0.1, 0.15) is 104 Å². The summed E-state index contributed by atoms with van der Waals surface area (Å²) in [5.74, 6) is 3.12. The van der Waals surface area contributed by atoms with Crippen LogP contribution in [0, 0.1) is 11.8 Å². The SMILES string of the molecule is CC(C)CC(=O)NCCCC1(c2ncc(-c3cnc(-c4ncc(-c5cnc(C6(CCCNC(=O)CC(C)C)CC6)[nH]5)s4)s3)[nH]2)CC1. The number of H-pyrrole nitrogens is 2. The van der Waals surface area contributed by atoms with E-state index < -0.39 is 0 Å². The number of nitrogens with one attached hydrogen (secondary N) is 4. The minimum absolute atomic E-state index is 0.101. The lowest BCUT2D eigenvalue weighted by Crippen LogP contribution is -2.26. The number of rotatable bonds is 17. The van der Waals surface area contributed by atoms with Gasteiger partial charge in [0.1, 0.15) is 11.6 Å². The number of amides is 2. The number of carbonyl (C=O) groups is 2. The zero-order valence-corrected chi connectivity index (χ0v) is 29.0. The molecule has 2 fully saturated rings. The molecule has 46 heavy (non-hydrogen) atoms. The molecule has 6 rings (SSSR count). The Morgan fingerprint density at radius 2 is 1.11 bits per heavy atom. The molecule has 0 unspecified atom stereocenters. The molecule has 0 bridgehead atoms. The van der Waals surface area contributed by atoms with Crippen LogP contribution in [-0.4, -0.2) is 54.8 Å². The van der Waals surface area contributed by atoms with Crippen LogP contribution in [-0.2, 0) is 20.4 Å². The van der Waals surface area contributed by atoms with Gasteiger partial charge in [-0.15, -0.1) is 22.7 Å². The zero-order chi connectivity index (χ0) is 32.3. The minimum atomic E-state index is 0.101. The Morgan fingerprint density at radius 1 is 0.696 bits per heavy atom. The van der Waals surface area contributed by atoms with Crippen LogP contribution in [0.3, 0.4) is 0 Å². The molecular weight excluding hydrogens is 617 g/mol. The summed E-state index contributed by atoms with van der Waals surface area (Å²) in [4.78, 5) is 52.1. The molecule has 0 saturated heterocycles. The first-order valence-corrected chi connectivity index (χ1v) is 18.4. The summed E-state index contributed by atoms with van der Waals surface area (Å²) < 4.78 is 0. The average Bonchev–Trinajstić information content (AvgIpc) is 3.56. The molecule has 2 aliphatic carbocycles. The molecule has 2 amide bonds. The van der Waals surface area contributed by atoms with E-state index >= 15 is 0 Å². The van der Waals surface area contributed by atoms with E-state index in [4.69, 9.17) is 19.9 Å². The highest BCUT2D eigenvalue weighted by Gasteiger charge is 2.47. The maximum Gasteiger partial charge on any atom is 0.220 e. The van der Waals surface area contributed by atoms with E-state index in [9.17, 15) is 9.59 Å². The van der Waals surface area contributed by atoms with Gasteiger partial charge < -0.3 is 20.6 Å². The highest BCUT2D eigenvalue weighted by atomic mass is 32.1. The lowest BCUT2D eigenvalue weighted by atomic mass is 9.99. The van der Waals surface area contributed by atoms with Crippen molar-refractivity contribution in [1.82, 2.24) is 40.5 Å². The number of nitrogens with zero attached hydrogens (tertiary/aromatic N) is 4. The van der Waals surface area contributed by atoms with Crippen molar-refractivity contribution >= 4 is 34.5 Å². The quantitative estimate of drug-likeness (QED) is 0.0898. The van der Waals surface area contributed by atoms with Crippen LogP contribution in [0.5, 0.6) is 0 Å². The molecule has 246 valence electrons. The van der Waals surface area contributed by atoms with Crippen molar-refractivity contribution in [1.29, 1.82) is 0 Å².